The van der Waals surface area contributed by atoms with E-state index in [4.69, 9.17) is 14.6 Å². The molecule has 1 N–H and O–H groups in total. The number of methoxy groups -OCH3 is 2. The molecule has 0 amide bonds. The Bertz CT molecular complexity index is 379. The number of carbonyl (C=O) groups is 1. The zero-order valence-electron chi connectivity index (χ0n) is 9.93. The molecule has 0 unspecified atom stereocenters. The smallest absolute Gasteiger partial charge is 0.336 e. The van der Waals surface area contributed by atoms with Gasteiger partial charge in [0.25, 0.3) is 0 Å². The molecular weight excluding hydrogens is 240 g/mol. The summed E-state index contributed by atoms with van der Waals surface area (Å²) in [5.74, 6) is 0.576. The lowest BCUT2D eigenvalue weighted by Gasteiger charge is -2.08. The fraction of sp³-hybridized carbons (Fsp3) is 0.417. The van der Waals surface area contributed by atoms with Crippen LogP contribution in [0.1, 0.15) is 16.8 Å². The van der Waals surface area contributed by atoms with Gasteiger partial charge in [-0.05, 0) is 24.6 Å². The Labute approximate surface area is 105 Å². The van der Waals surface area contributed by atoms with Crippen LogP contribution in [0, 0.1) is 0 Å². The zero-order chi connectivity index (χ0) is 12.7. The second-order valence-electron chi connectivity index (χ2n) is 3.36. The van der Waals surface area contributed by atoms with Crippen LogP contribution in [-0.2, 0) is 4.74 Å². The van der Waals surface area contributed by atoms with Crippen molar-refractivity contribution in [2.24, 2.45) is 0 Å². The van der Waals surface area contributed by atoms with Gasteiger partial charge in [0, 0.05) is 24.4 Å². The SMILES string of the molecule is COCCCSc1cc(OC)ccc1C(=O)O. The van der Waals surface area contributed by atoms with E-state index in [1.54, 1.807) is 32.4 Å². The van der Waals surface area contributed by atoms with Crippen molar-refractivity contribution in [1.29, 1.82) is 0 Å². The number of ether oxygens (including phenoxy) is 2. The second-order valence-corrected chi connectivity index (χ2v) is 4.50. The molecule has 0 atom stereocenters. The van der Waals surface area contributed by atoms with Crippen molar-refractivity contribution in [3.63, 3.8) is 0 Å². The Morgan fingerprint density at radius 3 is 2.76 bits per heavy atom. The fourth-order valence-electron chi connectivity index (χ4n) is 1.31. The van der Waals surface area contributed by atoms with E-state index in [0.717, 1.165) is 17.1 Å². The van der Waals surface area contributed by atoms with Gasteiger partial charge in [-0.2, -0.15) is 0 Å². The van der Waals surface area contributed by atoms with E-state index in [9.17, 15) is 4.79 Å². The van der Waals surface area contributed by atoms with E-state index in [1.807, 2.05) is 0 Å². The number of carboxylic acids is 1. The molecule has 0 aliphatic carbocycles. The molecule has 4 nitrogen and oxygen atoms in total. The Morgan fingerprint density at radius 2 is 2.18 bits per heavy atom. The molecule has 1 aromatic carbocycles. The number of carboxylic acid groups (broad SMARTS) is 1. The minimum absolute atomic E-state index is 0.313. The quantitative estimate of drug-likeness (QED) is 0.600. The van der Waals surface area contributed by atoms with Crippen molar-refractivity contribution in [3.05, 3.63) is 23.8 Å². The van der Waals surface area contributed by atoms with Gasteiger partial charge >= 0.3 is 5.97 Å². The average molecular weight is 256 g/mol. The summed E-state index contributed by atoms with van der Waals surface area (Å²) in [5.41, 5.74) is 0.313. The van der Waals surface area contributed by atoms with E-state index >= 15 is 0 Å². The van der Waals surface area contributed by atoms with Crippen LogP contribution in [0.4, 0.5) is 0 Å². The third-order valence-electron chi connectivity index (χ3n) is 2.17. The van der Waals surface area contributed by atoms with Crippen LogP contribution >= 0.6 is 11.8 Å². The first-order chi connectivity index (χ1) is 8.19. The molecule has 0 bridgehead atoms. The van der Waals surface area contributed by atoms with Gasteiger partial charge in [-0.1, -0.05) is 0 Å². The van der Waals surface area contributed by atoms with Gasteiger partial charge < -0.3 is 14.6 Å². The third-order valence-corrected chi connectivity index (χ3v) is 3.31. The largest absolute Gasteiger partial charge is 0.497 e. The van der Waals surface area contributed by atoms with E-state index in [2.05, 4.69) is 0 Å². The maximum absolute atomic E-state index is 11.0. The molecule has 0 aromatic heterocycles. The zero-order valence-corrected chi connectivity index (χ0v) is 10.8. The van der Waals surface area contributed by atoms with Crippen molar-refractivity contribution in [3.8, 4) is 5.75 Å². The summed E-state index contributed by atoms with van der Waals surface area (Å²) in [5, 5.41) is 9.05. The lowest BCUT2D eigenvalue weighted by molar-refractivity contribution is 0.0693. The molecule has 1 rings (SSSR count). The van der Waals surface area contributed by atoms with Gasteiger partial charge in [-0.25, -0.2) is 4.79 Å². The number of benzene rings is 1. The number of thioether (sulfide) groups is 1. The molecular formula is C12H16O4S. The number of hydrogen-bond acceptors (Lipinski definition) is 4. The fourth-order valence-corrected chi connectivity index (χ4v) is 2.30. The second kappa shape index (κ2) is 7.19. The van der Waals surface area contributed by atoms with Gasteiger partial charge in [0.15, 0.2) is 0 Å². The molecule has 0 aliphatic rings. The first kappa shape index (κ1) is 13.9. The van der Waals surface area contributed by atoms with Gasteiger partial charge in [-0.15, -0.1) is 11.8 Å². The predicted octanol–water partition coefficient (Wildman–Crippen LogP) is 2.52. The normalized spacial score (nSPS) is 10.2. The highest BCUT2D eigenvalue weighted by Gasteiger charge is 2.11. The number of rotatable bonds is 7. The summed E-state index contributed by atoms with van der Waals surface area (Å²) in [6.45, 7) is 0.680. The monoisotopic (exact) mass is 256 g/mol. The van der Waals surface area contributed by atoms with Crippen molar-refractivity contribution in [2.45, 2.75) is 11.3 Å². The maximum Gasteiger partial charge on any atom is 0.336 e. The van der Waals surface area contributed by atoms with Crippen LogP contribution in [0.2, 0.25) is 0 Å². The van der Waals surface area contributed by atoms with Gasteiger partial charge in [0.2, 0.25) is 0 Å². The van der Waals surface area contributed by atoms with Crippen LogP contribution in [0.5, 0.6) is 5.75 Å². The average Bonchev–Trinajstić information content (AvgIpc) is 2.34. The molecule has 5 heteroatoms. The van der Waals surface area contributed by atoms with E-state index in [-0.39, 0.29) is 0 Å². The Balaban J connectivity index is 2.75. The van der Waals surface area contributed by atoms with Gasteiger partial charge in [0.05, 0.1) is 12.7 Å². The molecule has 17 heavy (non-hydrogen) atoms. The summed E-state index contributed by atoms with van der Waals surface area (Å²) in [6, 6.07) is 4.98. The number of aromatic carboxylic acids is 1. The van der Waals surface area contributed by atoms with Crippen molar-refractivity contribution in [1.82, 2.24) is 0 Å². The molecule has 0 radical (unpaired) electrons. The summed E-state index contributed by atoms with van der Waals surface area (Å²) >= 11 is 1.50. The predicted molar refractivity (Wildman–Crippen MR) is 67.2 cm³/mol. The minimum atomic E-state index is -0.915. The molecule has 0 fully saturated rings. The first-order valence-corrected chi connectivity index (χ1v) is 6.20. The minimum Gasteiger partial charge on any atom is -0.497 e. The van der Waals surface area contributed by atoms with Gasteiger partial charge in [0.1, 0.15) is 5.75 Å². The molecule has 0 spiro atoms. The third kappa shape index (κ3) is 4.28. The van der Waals surface area contributed by atoms with E-state index in [0.29, 0.717) is 17.9 Å². The first-order valence-electron chi connectivity index (χ1n) is 5.22. The standard InChI is InChI=1S/C12H16O4S/c1-15-6-3-7-17-11-8-9(16-2)4-5-10(11)12(13)14/h4-5,8H,3,6-7H2,1-2H3,(H,13,14). The van der Waals surface area contributed by atoms with Crippen LogP contribution in [0.15, 0.2) is 23.1 Å². The Hall–Kier alpha value is -1.20. The van der Waals surface area contributed by atoms with Crippen molar-refractivity contribution in [2.75, 3.05) is 26.6 Å². The lowest BCUT2D eigenvalue weighted by Crippen LogP contribution is -2.00. The highest BCUT2D eigenvalue weighted by atomic mass is 32.2. The summed E-state index contributed by atoms with van der Waals surface area (Å²) < 4.78 is 10.0. The van der Waals surface area contributed by atoms with E-state index in [1.165, 1.54) is 11.8 Å². The molecule has 0 saturated heterocycles. The van der Waals surface area contributed by atoms with Crippen LogP contribution in [0.3, 0.4) is 0 Å². The van der Waals surface area contributed by atoms with Crippen LogP contribution < -0.4 is 4.74 Å². The molecule has 0 heterocycles. The molecule has 0 aliphatic heterocycles. The van der Waals surface area contributed by atoms with Crippen LogP contribution in [-0.4, -0.2) is 37.7 Å². The maximum atomic E-state index is 11.0. The topological polar surface area (TPSA) is 55.8 Å². The van der Waals surface area contributed by atoms with Gasteiger partial charge in [-0.3, -0.25) is 0 Å². The molecule has 1 aromatic rings. The Morgan fingerprint density at radius 1 is 1.41 bits per heavy atom. The van der Waals surface area contributed by atoms with E-state index < -0.39 is 5.97 Å². The summed E-state index contributed by atoms with van der Waals surface area (Å²) in [4.78, 5) is 11.8. The highest BCUT2D eigenvalue weighted by molar-refractivity contribution is 7.99. The van der Waals surface area contributed by atoms with Crippen molar-refractivity contribution >= 4 is 17.7 Å². The highest BCUT2D eigenvalue weighted by Crippen LogP contribution is 2.27. The Kier molecular flexibility index (Phi) is 5.86. The number of hydrogen-bond donors (Lipinski definition) is 1. The molecule has 94 valence electrons. The summed E-state index contributed by atoms with van der Waals surface area (Å²) in [7, 11) is 3.22. The van der Waals surface area contributed by atoms with Crippen molar-refractivity contribution < 1.29 is 19.4 Å². The summed E-state index contributed by atoms with van der Waals surface area (Å²) in [6.07, 6.45) is 0.886. The molecule has 0 saturated carbocycles. The lowest BCUT2D eigenvalue weighted by atomic mass is 10.2. The van der Waals surface area contributed by atoms with Crippen LogP contribution in [0.25, 0.3) is 0 Å².